The smallest absolute Gasteiger partial charge is 0.284 e. The molecule has 124 valence electrons. The van der Waals surface area contributed by atoms with Gasteiger partial charge in [-0.2, -0.15) is 0 Å². The SMILES string of the molecule is C[C@H]([NH2+][C@H]1CCCc2ccccc21)C(=O)N1CCc2ccccc21. The Balaban J connectivity index is 1.50. The quantitative estimate of drug-likeness (QED) is 0.927. The third-order valence-corrected chi connectivity index (χ3v) is 5.48. The zero-order valence-electron chi connectivity index (χ0n) is 14.2. The predicted octanol–water partition coefficient (Wildman–Crippen LogP) is 2.61. The Labute approximate surface area is 143 Å². The first-order valence-electron chi connectivity index (χ1n) is 9.06. The van der Waals surface area contributed by atoms with Crippen LogP contribution in [0.1, 0.15) is 42.5 Å². The standard InChI is InChI=1S/C21H24N2O/c1-15(21(24)23-14-13-17-8-3-5-12-20(17)23)22-19-11-6-9-16-7-2-4-10-18(16)19/h2-5,7-8,10,12,15,19,22H,6,9,11,13-14H2,1H3/p+1/t15-,19-/m0/s1. The van der Waals surface area contributed by atoms with Gasteiger partial charge < -0.3 is 10.2 Å². The highest BCUT2D eigenvalue weighted by atomic mass is 16.2. The second-order valence-electron chi connectivity index (χ2n) is 7.05. The molecule has 1 heterocycles. The van der Waals surface area contributed by atoms with Gasteiger partial charge in [-0.15, -0.1) is 0 Å². The molecule has 2 aliphatic rings. The molecule has 0 spiro atoms. The van der Waals surface area contributed by atoms with Crippen LogP contribution >= 0.6 is 0 Å². The molecule has 2 aromatic rings. The van der Waals surface area contributed by atoms with Crippen LogP contribution in [0.2, 0.25) is 0 Å². The zero-order chi connectivity index (χ0) is 16.5. The van der Waals surface area contributed by atoms with Crippen molar-refractivity contribution in [2.24, 2.45) is 0 Å². The van der Waals surface area contributed by atoms with Crippen LogP contribution in [0, 0.1) is 0 Å². The van der Waals surface area contributed by atoms with E-state index in [1.165, 1.54) is 29.5 Å². The monoisotopic (exact) mass is 321 g/mol. The summed E-state index contributed by atoms with van der Waals surface area (Å²) >= 11 is 0. The summed E-state index contributed by atoms with van der Waals surface area (Å²) in [7, 11) is 0. The molecular weight excluding hydrogens is 296 g/mol. The van der Waals surface area contributed by atoms with E-state index in [9.17, 15) is 4.79 Å². The van der Waals surface area contributed by atoms with Crippen LogP contribution in [0.5, 0.6) is 0 Å². The number of carbonyl (C=O) groups excluding carboxylic acids is 1. The predicted molar refractivity (Wildman–Crippen MR) is 96.0 cm³/mol. The van der Waals surface area contributed by atoms with E-state index in [0.717, 1.165) is 25.1 Å². The number of hydrogen-bond donors (Lipinski definition) is 1. The zero-order valence-corrected chi connectivity index (χ0v) is 14.2. The van der Waals surface area contributed by atoms with Crippen LogP contribution in [-0.4, -0.2) is 18.5 Å². The van der Waals surface area contributed by atoms with Crippen molar-refractivity contribution < 1.29 is 10.1 Å². The number of nitrogens with zero attached hydrogens (tertiary/aromatic N) is 1. The highest BCUT2D eigenvalue weighted by molar-refractivity contribution is 5.97. The van der Waals surface area contributed by atoms with Gasteiger partial charge in [0.25, 0.3) is 5.91 Å². The Hall–Kier alpha value is -2.13. The molecule has 4 rings (SSSR count). The maximum absolute atomic E-state index is 13.0. The Morgan fingerprint density at radius 2 is 1.83 bits per heavy atom. The molecule has 0 saturated heterocycles. The number of nitrogens with two attached hydrogens (primary N) is 1. The van der Waals surface area contributed by atoms with Gasteiger partial charge in [-0.25, -0.2) is 0 Å². The molecule has 1 aliphatic carbocycles. The molecule has 2 atom stereocenters. The molecule has 2 N–H and O–H groups in total. The van der Waals surface area contributed by atoms with Crippen LogP contribution in [0.3, 0.4) is 0 Å². The number of amides is 1. The van der Waals surface area contributed by atoms with Crippen molar-refractivity contribution in [1.29, 1.82) is 0 Å². The number of benzene rings is 2. The van der Waals surface area contributed by atoms with Crippen molar-refractivity contribution in [3.8, 4) is 0 Å². The van der Waals surface area contributed by atoms with E-state index in [1.54, 1.807) is 0 Å². The minimum atomic E-state index is -0.0488. The first kappa shape index (κ1) is 15.4. The van der Waals surface area contributed by atoms with E-state index in [2.05, 4.69) is 54.7 Å². The molecule has 3 heteroatoms. The Bertz CT molecular complexity index is 755. The third kappa shape index (κ3) is 2.73. The normalized spacial score (nSPS) is 20.4. The minimum absolute atomic E-state index is 0.0488. The molecule has 0 radical (unpaired) electrons. The second-order valence-corrected chi connectivity index (χ2v) is 7.05. The van der Waals surface area contributed by atoms with Gasteiger partial charge in [-0.3, -0.25) is 4.79 Å². The number of hydrogen-bond acceptors (Lipinski definition) is 1. The molecule has 1 aliphatic heterocycles. The fourth-order valence-electron chi connectivity index (χ4n) is 4.24. The summed E-state index contributed by atoms with van der Waals surface area (Å²) in [6, 6.07) is 17.4. The van der Waals surface area contributed by atoms with Gasteiger partial charge in [0.2, 0.25) is 0 Å². The number of rotatable bonds is 3. The van der Waals surface area contributed by atoms with Crippen molar-refractivity contribution in [2.75, 3.05) is 11.4 Å². The lowest BCUT2D eigenvalue weighted by Gasteiger charge is -2.27. The van der Waals surface area contributed by atoms with Crippen molar-refractivity contribution in [3.63, 3.8) is 0 Å². The van der Waals surface area contributed by atoms with Gasteiger partial charge in [0.15, 0.2) is 6.04 Å². The summed E-state index contributed by atoms with van der Waals surface area (Å²) < 4.78 is 0. The van der Waals surface area contributed by atoms with Crippen molar-refractivity contribution in [1.82, 2.24) is 0 Å². The molecule has 0 bridgehead atoms. The molecule has 24 heavy (non-hydrogen) atoms. The number of quaternary nitrogens is 1. The van der Waals surface area contributed by atoms with Crippen molar-refractivity contribution in [2.45, 2.75) is 44.7 Å². The topological polar surface area (TPSA) is 36.9 Å². The highest BCUT2D eigenvalue weighted by Crippen LogP contribution is 2.29. The molecule has 0 saturated carbocycles. The third-order valence-electron chi connectivity index (χ3n) is 5.48. The molecular formula is C21H25N2O+. The lowest BCUT2D eigenvalue weighted by atomic mass is 9.87. The van der Waals surface area contributed by atoms with E-state index in [1.807, 2.05) is 11.0 Å². The first-order chi connectivity index (χ1) is 11.7. The minimum Gasteiger partial charge on any atom is -0.330 e. The summed E-state index contributed by atoms with van der Waals surface area (Å²) in [5.74, 6) is 0.239. The number of aryl methyl sites for hydroxylation is 1. The lowest BCUT2D eigenvalue weighted by Crippen LogP contribution is -2.93. The number of carbonyl (C=O) groups is 1. The van der Waals surface area contributed by atoms with Gasteiger partial charge in [0.1, 0.15) is 6.04 Å². The maximum Gasteiger partial charge on any atom is 0.284 e. The van der Waals surface area contributed by atoms with Crippen LogP contribution in [-0.2, 0) is 17.6 Å². The molecule has 0 unspecified atom stereocenters. The number of fused-ring (bicyclic) bond motifs is 2. The van der Waals surface area contributed by atoms with E-state index in [4.69, 9.17) is 0 Å². The van der Waals surface area contributed by atoms with Gasteiger partial charge in [0.05, 0.1) is 0 Å². The Morgan fingerprint density at radius 3 is 2.71 bits per heavy atom. The molecule has 0 fully saturated rings. The van der Waals surface area contributed by atoms with Gasteiger partial charge in [-0.05, 0) is 43.4 Å². The first-order valence-corrected chi connectivity index (χ1v) is 9.06. The number of anilines is 1. The van der Waals surface area contributed by atoms with Gasteiger partial charge in [0, 0.05) is 24.2 Å². The van der Waals surface area contributed by atoms with Crippen molar-refractivity contribution >= 4 is 11.6 Å². The van der Waals surface area contributed by atoms with E-state index in [-0.39, 0.29) is 11.9 Å². The van der Waals surface area contributed by atoms with Gasteiger partial charge >= 0.3 is 0 Å². The summed E-state index contributed by atoms with van der Waals surface area (Å²) in [6.45, 7) is 2.87. The van der Waals surface area contributed by atoms with Gasteiger partial charge in [-0.1, -0.05) is 42.5 Å². The fourth-order valence-corrected chi connectivity index (χ4v) is 4.24. The van der Waals surface area contributed by atoms with E-state index < -0.39 is 0 Å². The van der Waals surface area contributed by atoms with Crippen LogP contribution < -0.4 is 10.2 Å². The number of para-hydroxylation sites is 1. The molecule has 1 amide bonds. The Kier molecular flexibility index (Phi) is 4.11. The van der Waals surface area contributed by atoms with Crippen LogP contribution in [0.15, 0.2) is 48.5 Å². The van der Waals surface area contributed by atoms with Crippen molar-refractivity contribution in [3.05, 3.63) is 65.2 Å². The van der Waals surface area contributed by atoms with Crippen LogP contribution in [0.4, 0.5) is 5.69 Å². The summed E-state index contributed by atoms with van der Waals surface area (Å²) in [5, 5.41) is 2.28. The highest BCUT2D eigenvalue weighted by Gasteiger charge is 2.32. The summed E-state index contributed by atoms with van der Waals surface area (Å²) in [4.78, 5) is 15.0. The molecule has 3 nitrogen and oxygen atoms in total. The Morgan fingerprint density at radius 1 is 1.08 bits per heavy atom. The lowest BCUT2D eigenvalue weighted by molar-refractivity contribution is -0.714. The fraction of sp³-hybridized carbons (Fsp3) is 0.381. The summed E-state index contributed by atoms with van der Waals surface area (Å²) in [6.07, 6.45) is 4.51. The molecule has 2 aromatic carbocycles. The van der Waals surface area contributed by atoms with E-state index in [0.29, 0.717) is 6.04 Å². The van der Waals surface area contributed by atoms with E-state index >= 15 is 0 Å². The second kappa shape index (κ2) is 6.40. The van der Waals surface area contributed by atoms with Crippen LogP contribution in [0.25, 0.3) is 0 Å². The largest absolute Gasteiger partial charge is 0.330 e. The maximum atomic E-state index is 13.0. The average Bonchev–Trinajstić information content (AvgIpc) is 3.05. The summed E-state index contributed by atoms with van der Waals surface area (Å²) in [5.41, 5.74) is 5.27. The average molecular weight is 321 g/mol. The molecule has 0 aromatic heterocycles.